The van der Waals surface area contributed by atoms with Crippen LogP contribution < -0.4 is 5.73 Å². The molecule has 0 aliphatic rings. The summed E-state index contributed by atoms with van der Waals surface area (Å²) < 4.78 is 4.92. The summed E-state index contributed by atoms with van der Waals surface area (Å²) in [5.74, 6) is -0.379. The summed E-state index contributed by atoms with van der Waals surface area (Å²) in [6.07, 6.45) is 2.40. The second-order valence-corrected chi connectivity index (χ2v) is 2.89. The SMILES string of the molecule is CCCOC(=O)c1ccc(CN)cn1. The van der Waals surface area contributed by atoms with Gasteiger partial charge in [0, 0.05) is 12.7 Å². The predicted molar refractivity (Wildman–Crippen MR) is 52.7 cm³/mol. The molecule has 0 aliphatic heterocycles. The summed E-state index contributed by atoms with van der Waals surface area (Å²) in [5, 5.41) is 0. The topological polar surface area (TPSA) is 65.2 Å². The van der Waals surface area contributed by atoms with E-state index in [-0.39, 0.29) is 5.97 Å². The average molecular weight is 194 g/mol. The number of nitrogens with two attached hydrogens (primary N) is 1. The van der Waals surface area contributed by atoms with Crippen molar-refractivity contribution in [2.45, 2.75) is 19.9 Å². The van der Waals surface area contributed by atoms with Crippen molar-refractivity contribution in [3.05, 3.63) is 29.6 Å². The van der Waals surface area contributed by atoms with E-state index in [4.69, 9.17) is 10.5 Å². The van der Waals surface area contributed by atoms with Gasteiger partial charge in [-0.2, -0.15) is 0 Å². The molecule has 1 rings (SSSR count). The second kappa shape index (κ2) is 5.34. The first-order chi connectivity index (χ1) is 6.77. The summed E-state index contributed by atoms with van der Waals surface area (Å²) in [5.41, 5.74) is 6.63. The minimum absolute atomic E-state index is 0.329. The van der Waals surface area contributed by atoms with Gasteiger partial charge in [-0.3, -0.25) is 0 Å². The molecule has 0 aromatic carbocycles. The van der Waals surface area contributed by atoms with E-state index in [1.807, 2.05) is 6.92 Å². The van der Waals surface area contributed by atoms with E-state index < -0.39 is 0 Å². The zero-order valence-electron chi connectivity index (χ0n) is 8.19. The number of rotatable bonds is 4. The fourth-order valence-electron chi connectivity index (χ4n) is 0.935. The zero-order chi connectivity index (χ0) is 10.4. The third-order valence-corrected chi connectivity index (χ3v) is 1.71. The highest BCUT2D eigenvalue weighted by molar-refractivity contribution is 5.87. The second-order valence-electron chi connectivity index (χ2n) is 2.89. The van der Waals surface area contributed by atoms with Crippen molar-refractivity contribution in [1.82, 2.24) is 4.98 Å². The van der Waals surface area contributed by atoms with Gasteiger partial charge < -0.3 is 10.5 Å². The Balaban J connectivity index is 2.62. The highest BCUT2D eigenvalue weighted by Crippen LogP contribution is 2.01. The Kier molecular flexibility index (Phi) is 4.07. The van der Waals surface area contributed by atoms with Crippen molar-refractivity contribution in [2.75, 3.05) is 6.61 Å². The van der Waals surface area contributed by atoms with Crippen LogP contribution in [0.25, 0.3) is 0 Å². The maximum atomic E-state index is 11.3. The largest absolute Gasteiger partial charge is 0.461 e. The quantitative estimate of drug-likeness (QED) is 0.729. The first-order valence-corrected chi connectivity index (χ1v) is 4.60. The van der Waals surface area contributed by atoms with Crippen molar-refractivity contribution >= 4 is 5.97 Å². The van der Waals surface area contributed by atoms with Crippen molar-refractivity contribution in [3.63, 3.8) is 0 Å². The van der Waals surface area contributed by atoms with Gasteiger partial charge in [0.05, 0.1) is 6.61 Å². The molecule has 0 bridgehead atoms. The maximum Gasteiger partial charge on any atom is 0.356 e. The van der Waals surface area contributed by atoms with Crippen LogP contribution >= 0.6 is 0 Å². The summed E-state index contributed by atoms with van der Waals surface area (Å²) >= 11 is 0. The molecule has 4 heteroatoms. The average Bonchev–Trinajstić information content (AvgIpc) is 2.26. The molecule has 2 N–H and O–H groups in total. The summed E-state index contributed by atoms with van der Waals surface area (Å²) in [6, 6.07) is 3.40. The molecular weight excluding hydrogens is 180 g/mol. The Morgan fingerprint density at radius 3 is 2.86 bits per heavy atom. The van der Waals surface area contributed by atoms with Crippen LogP contribution in [0.15, 0.2) is 18.3 Å². The Labute approximate surface area is 83.1 Å². The lowest BCUT2D eigenvalue weighted by molar-refractivity contribution is 0.0498. The van der Waals surface area contributed by atoms with Crippen LogP contribution in [0, 0.1) is 0 Å². The molecule has 1 heterocycles. The van der Waals surface area contributed by atoms with Crippen LogP contribution in [0.1, 0.15) is 29.4 Å². The number of carbonyl (C=O) groups is 1. The molecule has 0 saturated heterocycles. The number of nitrogens with zero attached hydrogens (tertiary/aromatic N) is 1. The summed E-state index contributed by atoms with van der Waals surface area (Å²) in [6.45, 7) is 2.80. The smallest absolute Gasteiger partial charge is 0.356 e. The highest BCUT2D eigenvalue weighted by Gasteiger charge is 2.07. The molecule has 0 atom stereocenters. The predicted octanol–water partition coefficient (Wildman–Crippen LogP) is 1.11. The third-order valence-electron chi connectivity index (χ3n) is 1.71. The monoisotopic (exact) mass is 194 g/mol. The van der Waals surface area contributed by atoms with Crippen LogP contribution in [0.5, 0.6) is 0 Å². The molecule has 0 spiro atoms. The van der Waals surface area contributed by atoms with Crippen LogP contribution in [-0.4, -0.2) is 17.6 Å². The van der Waals surface area contributed by atoms with E-state index in [1.54, 1.807) is 18.3 Å². The Morgan fingerprint density at radius 1 is 1.57 bits per heavy atom. The molecule has 76 valence electrons. The molecule has 4 nitrogen and oxygen atoms in total. The molecule has 0 saturated carbocycles. The van der Waals surface area contributed by atoms with Gasteiger partial charge in [0.25, 0.3) is 0 Å². The van der Waals surface area contributed by atoms with E-state index in [9.17, 15) is 4.79 Å². The molecule has 1 aromatic heterocycles. The number of pyridine rings is 1. The summed E-state index contributed by atoms with van der Waals surface area (Å²) in [7, 11) is 0. The standard InChI is InChI=1S/C10H14N2O2/c1-2-5-14-10(13)9-4-3-8(6-11)7-12-9/h3-4,7H,2,5-6,11H2,1H3. The summed E-state index contributed by atoms with van der Waals surface area (Å²) in [4.78, 5) is 15.2. The number of aromatic nitrogens is 1. The first kappa shape index (κ1) is 10.7. The van der Waals surface area contributed by atoms with Crippen LogP contribution in [0.2, 0.25) is 0 Å². The number of hydrogen-bond donors (Lipinski definition) is 1. The van der Waals surface area contributed by atoms with E-state index in [0.29, 0.717) is 18.8 Å². The van der Waals surface area contributed by atoms with Crippen molar-refractivity contribution < 1.29 is 9.53 Å². The van der Waals surface area contributed by atoms with E-state index in [2.05, 4.69) is 4.98 Å². The van der Waals surface area contributed by atoms with E-state index >= 15 is 0 Å². The Bertz CT molecular complexity index is 295. The van der Waals surface area contributed by atoms with Gasteiger partial charge in [-0.1, -0.05) is 13.0 Å². The molecule has 0 radical (unpaired) electrons. The maximum absolute atomic E-state index is 11.3. The minimum atomic E-state index is -0.379. The van der Waals surface area contributed by atoms with Gasteiger partial charge in [-0.15, -0.1) is 0 Å². The third kappa shape index (κ3) is 2.81. The lowest BCUT2D eigenvalue weighted by Crippen LogP contribution is -2.08. The van der Waals surface area contributed by atoms with Gasteiger partial charge in [-0.05, 0) is 18.1 Å². The van der Waals surface area contributed by atoms with Crippen molar-refractivity contribution in [1.29, 1.82) is 0 Å². The molecule has 0 amide bonds. The van der Waals surface area contributed by atoms with Gasteiger partial charge in [-0.25, -0.2) is 9.78 Å². The van der Waals surface area contributed by atoms with Gasteiger partial charge in [0.15, 0.2) is 0 Å². The normalized spacial score (nSPS) is 9.86. The van der Waals surface area contributed by atoms with E-state index in [1.165, 1.54) is 0 Å². The molecular formula is C10H14N2O2. The lowest BCUT2D eigenvalue weighted by atomic mass is 10.2. The fraction of sp³-hybridized carbons (Fsp3) is 0.400. The van der Waals surface area contributed by atoms with Gasteiger partial charge in [0.1, 0.15) is 5.69 Å². The molecule has 1 aromatic rings. The minimum Gasteiger partial charge on any atom is -0.461 e. The molecule has 0 fully saturated rings. The van der Waals surface area contributed by atoms with E-state index in [0.717, 1.165) is 12.0 Å². The first-order valence-electron chi connectivity index (χ1n) is 4.60. The number of esters is 1. The Morgan fingerprint density at radius 2 is 2.36 bits per heavy atom. The van der Waals surface area contributed by atoms with Gasteiger partial charge >= 0.3 is 5.97 Å². The Hall–Kier alpha value is -1.42. The zero-order valence-corrected chi connectivity index (χ0v) is 8.19. The van der Waals surface area contributed by atoms with Gasteiger partial charge in [0.2, 0.25) is 0 Å². The molecule has 14 heavy (non-hydrogen) atoms. The van der Waals surface area contributed by atoms with Crippen LogP contribution in [0.3, 0.4) is 0 Å². The van der Waals surface area contributed by atoms with Crippen LogP contribution in [0.4, 0.5) is 0 Å². The number of ether oxygens (including phenoxy) is 1. The number of hydrogen-bond acceptors (Lipinski definition) is 4. The van der Waals surface area contributed by atoms with Crippen LogP contribution in [-0.2, 0) is 11.3 Å². The lowest BCUT2D eigenvalue weighted by Gasteiger charge is -2.02. The number of carbonyl (C=O) groups excluding carboxylic acids is 1. The molecule has 0 aliphatic carbocycles. The van der Waals surface area contributed by atoms with Crippen molar-refractivity contribution in [2.24, 2.45) is 5.73 Å². The molecule has 0 unspecified atom stereocenters. The van der Waals surface area contributed by atoms with Crippen molar-refractivity contribution in [3.8, 4) is 0 Å². The fourth-order valence-corrected chi connectivity index (χ4v) is 0.935. The highest BCUT2D eigenvalue weighted by atomic mass is 16.5.